The number of hydrogen-bond acceptors (Lipinski definition) is 3. The summed E-state index contributed by atoms with van der Waals surface area (Å²) in [4.78, 5) is 19.7. The highest BCUT2D eigenvalue weighted by atomic mass is 19.1. The molecule has 27 heavy (non-hydrogen) atoms. The van der Waals surface area contributed by atoms with Gasteiger partial charge in [-0.1, -0.05) is 18.2 Å². The molecule has 0 bridgehead atoms. The second-order valence-corrected chi connectivity index (χ2v) is 5.99. The van der Waals surface area contributed by atoms with Gasteiger partial charge in [0.1, 0.15) is 11.6 Å². The zero-order valence-electron chi connectivity index (χ0n) is 14.3. The Morgan fingerprint density at radius 2 is 2.04 bits per heavy atom. The number of nitrogens with zero attached hydrogens (tertiary/aromatic N) is 1. The number of pyridine rings is 1. The number of aromatic amines is 1. The van der Waals surface area contributed by atoms with E-state index in [1.165, 1.54) is 12.1 Å². The number of benzene rings is 2. The molecule has 6 heteroatoms. The molecule has 2 heterocycles. The van der Waals surface area contributed by atoms with E-state index in [4.69, 9.17) is 4.74 Å². The van der Waals surface area contributed by atoms with Crippen LogP contribution in [0.15, 0.2) is 73.1 Å². The quantitative estimate of drug-likeness (QED) is 0.553. The molecule has 4 aromatic rings. The normalized spacial score (nSPS) is 10.7. The first-order valence-electron chi connectivity index (χ1n) is 8.42. The van der Waals surface area contributed by atoms with Gasteiger partial charge in [0.2, 0.25) is 5.88 Å². The largest absolute Gasteiger partial charge is 0.439 e. The smallest absolute Gasteiger partial charge is 0.251 e. The molecule has 0 saturated heterocycles. The van der Waals surface area contributed by atoms with Crippen LogP contribution in [0.1, 0.15) is 15.9 Å². The Balaban J connectivity index is 1.48. The summed E-state index contributed by atoms with van der Waals surface area (Å²) in [6.07, 6.45) is 3.41. The Labute approximate surface area is 154 Å². The molecule has 0 aliphatic rings. The first-order valence-corrected chi connectivity index (χ1v) is 8.42. The number of halogens is 1. The molecule has 0 fully saturated rings. The maximum absolute atomic E-state index is 13.3. The van der Waals surface area contributed by atoms with Crippen molar-refractivity contribution in [1.29, 1.82) is 0 Å². The number of amides is 1. The molecule has 0 aliphatic heterocycles. The van der Waals surface area contributed by atoms with Crippen LogP contribution in [-0.2, 0) is 6.54 Å². The van der Waals surface area contributed by atoms with Crippen molar-refractivity contribution in [2.24, 2.45) is 0 Å². The highest BCUT2D eigenvalue weighted by Gasteiger charge is 2.11. The van der Waals surface area contributed by atoms with Crippen molar-refractivity contribution in [3.63, 3.8) is 0 Å². The molecule has 2 aromatic carbocycles. The minimum atomic E-state index is -0.391. The van der Waals surface area contributed by atoms with Gasteiger partial charge in [0, 0.05) is 41.6 Å². The molecule has 0 radical (unpaired) electrons. The topological polar surface area (TPSA) is 67.0 Å². The summed E-state index contributed by atoms with van der Waals surface area (Å²) in [6, 6.07) is 16.8. The first-order chi connectivity index (χ1) is 13.2. The van der Waals surface area contributed by atoms with Crippen LogP contribution in [0, 0.1) is 5.82 Å². The highest BCUT2D eigenvalue weighted by Crippen LogP contribution is 2.23. The molecule has 2 N–H and O–H groups in total. The molecule has 0 unspecified atom stereocenters. The van der Waals surface area contributed by atoms with Crippen molar-refractivity contribution in [1.82, 2.24) is 15.3 Å². The minimum Gasteiger partial charge on any atom is -0.439 e. The van der Waals surface area contributed by atoms with E-state index in [-0.39, 0.29) is 12.5 Å². The summed E-state index contributed by atoms with van der Waals surface area (Å²) in [5.41, 5.74) is 2.15. The molecule has 5 nitrogen and oxygen atoms in total. The van der Waals surface area contributed by atoms with E-state index < -0.39 is 5.82 Å². The Morgan fingerprint density at radius 3 is 2.93 bits per heavy atom. The summed E-state index contributed by atoms with van der Waals surface area (Å²) in [5, 5.41) is 3.91. The third-order valence-corrected chi connectivity index (χ3v) is 4.12. The van der Waals surface area contributed by atoms with Crippen molar-refractivity contribution < 1.29 is 13.9 Å². The fraction of sp³-hybridized carbons (Fsp3) is 0.0476. The van der Waals surface area contributed by atoms with Crippen LogP contribution in [-0.4, -0.2) is 15.9 Å². The zero-order valence-corrected chi connectivity index (χ0v) is 14.3. The summed E-state index contributed by atoms with van der Waals surface area (Å²) >= 11 is 0. The summed E-state index contributed by atoms with van der Waals surface area (Å²) < 4.78 is 19.0. The number of carbonyl (C=O) groups is 1. The average Bonchev–Trinajstić information content (AvgIpc) is 3.15. The zero-order chi connectivity index (χ0) is 18.6. The fourth-order valence-electron chi connectivity index (χ4n) is 2.76. The van der Waals surface area contributed by atoms with Crippen LogP contribution in [0.4, 0.5) is 4.39 Å². The Morgan fingerprint density at radius 1 is 1.11 bits per heavy atom. The van der Waals surface area contributed by atoms with Gasteiger partial charge in [-0.15, -0.1) is 0 Å². The number of carbonyl (C=O) groups excluding carboxylic acids is 1. The third-order valence-electron chi connectivity index (χ3n) is 4.12. The standard InChI is InChI=1S/C21H16FN3O2/c22-17-4-1-5-18(12-17)27-21-16(3-2-9-24-21)13-25-20(26)15-7-6-14-8-10-23-19(14)11-15/h1-12,23H,13H2,(H,25,26). The lowest BCUT2D eigenvalue weighted by atomic mass is 10.1. The van der Waals surface area contributed by atoms with Crippen LogP contribution < -0.4 is 10.1 Å². The molecule has 134 valence electrons. The van der Waals surface area contributed by atoms with Gasteiger partial charge < -0.3 is 15.0 Å². The Hall–Kier alpha value is -3.67. The van der Waals surface area contributed by atoms with Crippen molar-refractivity contribution in [2.45, 2.75) is 6.54 Å². The molecule has 0 spiro atoms. The first kappa shape index (κ1) is 16.8. The molecular weight excluding hydrogens is 345 g/mol. The van der Waals surface area contributed by atoms with E-state index >= 15 is 0 Å². The van der Waals surface area contributed by atoms with E-state index in [0.29, 0.717) is 22.8 Å². The van der Waals surface area contributed by atoms with Crippen LogP contribution in [0.5, 0.6) is 11.6 Å². The molecule has 1 amide bonds. The van der Waals surface area contributed by atoms with E-state index in [1.807, 2.05) is 18.3 Å². The number of ether oxygens (including phenoxy) is 1. The number of nitrogens with one attached hydrogen (secondary N) is 2. The van der Waals surface area contributed by atoms with Gasteiger partial charge in [0.15, 0.2) is 0 Å². The average molecular weight is 361 g/mol. The van der Waals surface area contributed by atoms with Crippen molar-refractivity contribution in [2.75, 3.05) is 0 Å². The predicted octanol–water partition coefficient (Wildman–Crippen LogP) is 4.42. The van der Waals surface area contributed by atoms with Gasteiger partial charge in [-0.05, 0) is 41.8 Å². The Bertz CT molecular complexity index is 1110. The summed E-state index contributed by atoms with van der Waals surface area (Å²) in [6.45, 7) is 0.236. The van der Waals surface area contributed by atoms with Crippen LogP contribution >= 0.6 is 0 Å². The SMILES string of the molecule is O=C(NCc1cccnc1Oc1cccc(F)c1)c1ccc2cc[nH]c2c1. The molecule has 0 saturated carbocycles. The van der Waals surface area contributed by atoms with E-state index in [9.17, 15) is 9.18 Å². The van der Waals surface area contributed by atoms with Gasteiger partial charge in [-0.3, -0.25) is 4.79 Å². The third kappa shape index (κ3) is 3.79. The minimum absolute atomic E-state index is 0.202. The predicted molar refractivity (Wildman–Crippen MR) is 100 cm³/mol. The van der Waals surface area contributed by atoms with Crippen LogP contribution in [0.25, 0.3) is 10.9 Å². The fourth-order valence-corrected chi connectivity index (χ4v) is 2.76. The van der Waals surface area contributed by atoms with Crippen molar-refractivity contribution in [3.05, 3.63) is 90.0 Å². The van der Waals surface area contributed by atoms with E-state index in [2.05, 4.69) is 15.3 Å². The van der Waals surface area contributed by atoms with Crippen LogP contribution in [0.2, 0.25) is 0 Å². The molecule has 4 rings (SSSR count). The Kier molecular flexibility index (Phi) is 4.53. The van der Waals surface area contributed by atoms with Gasteiger partial charge in [0.05, 0.1) is 0 Å². The summed E-state index contributed by atoms with van der Waals surface area (Å²) in [5.74, 6) is 0.0757. The lowest BCUT2D eigenvalue weighted by molar-refractivity contribution is 0.0951. The van der Waals surface area contributed by atoms with Crippen molar-refractivity contribution >= 4 is 16.8 Å². The maximum Gasteiger partial charge on any atom is 0.251 e. The van der Waals surface area contributed by atoms with Gasteiger partial charge in [-0.25, -0.2) is 9.37 Å². The number of rotatable bonds is 5. The number of hydrogen-bond donors (Lipinski definition) is 2. The lowest BCUT2D eigenvalue weighted by Crippen LogP contribution is -2.23. The molecule has 2 aromatic heterocycles. The second-order valence-electron chi connectivity index (χ2n) is 5.99. The van der Waals surface area contributed by atoms with Crippen molar-refractivity contribution in [3.8, 4) is 11.6 Å². The monoisotopic (exact) mass is 361 g/mol. The number of H-pyrrole nitrogens is 1. The van der Waals surface area contributed by atoms with Gasteiger partial charge in [-0.2, -0.15) is 0 Å². The van der Waals surface area contributed by atoms with E-state index in [0.717, 1.165) is 10.9 Å². The summed E-state index contributed by atoms with van der Waals surface area (Å²) in [7, 11) is 0. The molecule has 0 aliphatic carbocycles. The second kappa shape index (κ2) is 7.29. The maximum atomic E-state index is 13.3. The highest BCUT2D eigenvalue weighted by molar-refractivity contribution is 5.97. The lowest BCUT2D eigenvalue weighted by Gasteiger charge is -2.11. The van der Waals surface area contributed by atoms with Gasteiger partial charge >= 0.3 is 0 Å². The van der Waals surface area contributed by atoms with Gasteiger partial charge in [0.25, 0.3) is 5.91 Å². The molecule has 0 atom stereocenters. The van der Waals surface area contributed by atoms with E-state index in [1.54, 1.807) is 42.6 Å². The number of fused-ring (bicyclic) bond motifs is 1. The molecular formula is C21H16FN3O2. The number of aromatic nitrogens is 2. The van der Waals surface area contributed by atoms with Crippen LogP contribution in [0.3, 0.4) is 0 Å².